The van der Waals surface area contributed by atoms with E-state index in [4.69, 9.17) is 4.42 Å². The molecule has 0 atom stereocenters. The van der Waals surface area contributed by atoms with Crippen molar-refractivity contribution >= 4 is 43.9 Å². The van der Waals surface area contributed by atoms with Gasteiger partial charge in [0.1, 0.15) is 17.4 Å². The number of aromatic nitrogens is 3. The Labute approximate surface area is 148 Å². The van der Waals surface area contributed by atoms with Crippen molar-refractivity contribution in [2.45, 2.75) is 0 Å². The summed E-state index contributed by atoms with van der Waals surface area (Å²) in [6.07, 6.45) is 3.27. The number of furan rings is 1. The van der Waals surface area contributed by atoms with Gasteiger partial charge in [-0.3, -0.25) is 0 Å². The predicted molar refractivity (Wildman–Crippen MR) is 104 cm³/mol. The second-order valence-electron chi connectivity index (χ2n) is 6.39. The lowest BCUT2D eigenvalue weighted by Crippen LogP contribution is -1.93. The highest BCUT2D eigenvalue weighted by Gasteiger charge is 2.14. The number of rotatable bonds is 1. The molecule has 0 aliphatic carbocycles. The van der Waals surface area contributed by atoms with Crippen molar-refractivity contribution < 1.29 is 4.42 Å². The van der Waals surface area contributed by atoms with E-state index in [0.29, 0.717) is 5.58 Å². The third-order valence-corrected chi connectivity index (χ3v) is 4.96. The van der Waals surface area contributed by atoms with Crippen LogP contribution >= 0.6 is 0 Å². The zero-order chi connectivity index (χ0) is 17.1. The maximum absolute atomic E-state index is 5.87. The second-order valence-corrected chi connectivity index (χ2v) is 6.39. The van der Waals surface area contributed by atoms with Gasteiger partial charge in [0.25, 0.3) is 0 Å². The molecule has 4 heteroatoms. The van der Waals surface area contributed by atoms with Gasteiger partial charge in [-0.05, 0) is 30.3 Å². The molecule has 3 aromatic heterocycles. The van der Waals surface area contributed by atoms with Gasteiger partial charge in [0.05, 0.1) is 17.2 Å². The summed E-state index contributed by atoms with van der Waals surface area (Å²) in [4.78, 5) is 8.45. The van der Waals surface area contributed by atoms with Crippen molar-refractivity contribution in [2.75, 3.05) is 0 Å². The number of hydrogen-bond acceptors (Lipinski definition) is 3. The van der Waals surface area contributed by atoms with Crippen LogP contribution in [0, 0.1) is 0 Å². The molecule has 0 radical (unpaired) electrons. The highest BCUT2D eigenvalue weighted by Crippen LogP contribution is 2.34. The summed E-state index contributed by atoms with van der Waals surface area (Å²) in [5.74, 6) is 0. The molecule has 0 amide bonds. The molecule has 122 valence electrons. The number of hydrogen-bond donors (Lipinski definition) is 0. The molecule has 0 saturated heterocycles. The van der Waals surface area contributed by atoms with Crippen molar-refractivity contribution in [1.29, 1.82) is 0 Å². The lowest BCUT2D eigenvalue weighted by Gasteiger charge is -2.07. The fourth-order valence-electron chi connectivity index (χ4n) is 3.84. The van der Waals surface area contributed by atoms with Crippen molar-refractivity contribution in [1.82, 2.24) is 14.5 Å². The van der Waals surface area contributed by atoms with Crippen molar-refractivity contribution in [2.24, 2.45) is 0 Å². The van der Waals surface area contributed by atoms with Crippen LogP contribution in [0.25, 0.3) is 49.6 Å². The quantitative estimate of drug-likeness (QED) is 0.400. The van der Waals surface area contributed by atoms with Crippen LogP contribution < -0.4 is 0 Å². The molecule has 6 aromatic rings. The molecule has 3 aromatic carbocycles. The predicted octanol–water partition coefficient (Wildman–Crippen LogP) is 5.47. The molecule has 0 N–H and O–H groups in total. The third-order valence-electron chi connectivity index (χ3n) is 4.96. The number of nitrogens with zero attached hydrogens (tertiary/aromatic N) is 3. The van der Waals surface area contributed by atoms with Crippen LogP contribution in [0.1, 0.15) is 0 Å². The third kappa shape index (κ3) is 1.73. The van der Waals surface area contributed by atoms with Crippen molar-refractivity contribution in [3.8, 4) is 5.69 Å². The average molecular weight is 335 g/mol. The summed E-state index contributed by atoms with van der Waals surface area (Å²) >= 11 is 0. The van der Waals surface area contributed by atoms with E-state index in [9.17, 15) is 0 Å². The summed E-state index contributed by atoms with van der Waals surface area (Å²) in [6, 6.07) is 23.3. The van der Waals surface area contributed by atoms with Crippen molar-refractivity contribution in [3.05, 3.63) is 79.3 Å². The number of benzene rings is 3. The van der Waals surface area contributed by atoms with Gasteiger partial charge in [0.2, 0.25) is 0 Å². The standard InChI is InChI=1S/C22H13N3O/c1-3-7-18-15(5-1)16-6-2-4-8-19(16)25(18)14-9-10-20-17(11-14)22-21(26-20)12-23-13-24-22/h1-13H. The Morgan fingerprint density at radius 2 is 1.46 bits per heavy atom. The Morgan fingerprint density at radius 3 is 2.23 bits per heavy atom. The first-order chi connectivity index (χ1) is 12.9. The molecular weight excluding hydrogens is 322 g/mol. The summed E-state index contributed by atoms with van der Waals surface area (Å²) in [6.45, 7) is 0. The highest BCUT2D eigenvalue weighted by molar-refractivity contribution is 6.10. The van der Waals surface area contributed by atoms with Gasteiger partial charge < -0.3 is 8.98 Å². The molecule has 26 heavy (non-hydrogen) atoms. The maximum atomic E-state index is 5.87. The molecule has 0 aliphatic rings. The van der Waals surface area contributed by atoms with E-state index < -0.39 is 0 Å². The summed E-state index contributed by atoms with van der Waals surface area (Å²) < 4.78 is 8.16. The highest BCUT2D eigenvalue weighted by atomic mass is 16.3. The minimum atomic E-state index is 0.710. The largest absolute Gasteiger partial charge is 0.453 e. The topological polar surface area (TPSA) is 43.9 Å². The van der Waals surface area contributed by atoms with Crippen LogP contribution in [0.2, 0.25) is 0 Å². The summed E-state index contributed by atoms with van der Waals surface area (Å²) in [5.41, 5.74) is 5.85. The van der Waals surface area contributed by atoms with E-state index in [1.165, 1.54) is 21.8 Å². The molecule has 0 unspecified atom stereocenters. The monoisotopic (exact) mass is 335 g/mol. The Balaban J connectivity index is 1.76. The van der Waals surface area contributed by atoms with Gasteiger partial charge in [0.15, 0.2) is 5.58 Å². The minimum Gasteiger partial charge on any atom is -0.453 e. The lowest BCUT2D eigenvalue weighted by molar-refractivity contribution is 0.665. The molecule has 4 nitrogen and oxygen atoms in total. The van der Waals surface area contributed by atoms with Gasteiger partial charge in [-0.1, -0.05) is 36.4 Å². The summed E-state index contributed by atoms with van der Waals surface area (Å²) in [7, 11) is 0. The number of fused-ring (bicyclic) bond motifs is 6. The van der Waals surface area contributed by atoms with E-state index in [2.05, 4.69) is 75.2 Å². The van der Waals surface area contributed by atoms with Crippen LogP contribution in [0.3, 0.4) is 0 Å². The van der Waals surface area contributed by atoms with Gasteiger partial charge in [-0.25, -0.2) is 9.97 Å². The van der Waals surface area contributed by atoms with Gasteiger partial charge >= 0.3 is 0 Å². The Bertz CT molecular complexity index is 1390. The molecule has 6 rings (SSSR count). The van der Waals surface area contributed by atoms with E-state index in [0.717, 1.165) is 22.2 Å². The molecule has 3 heterocycles. The second kappa shape index (κ2) is 4.92. The van der Waals surface area contributed by atoms with E-state index in [-0.39, 0.29) is 0 Å². The molecule has 0 aliphatic heterocycles. The van der Waals surface area contributed by atoms with E-state index >= 15 is 0 Å². The molecule has 0 fully saturated rings. The first-order valence-electron chi connectivity index (χ1n) is 8.51. The van der Waals surface area contributed by atoms with Gasteiger partial charge in [0, 0.05) is 21.8 Å². The zero-order valence-corrected chi connectivity index (χ0v) is 13.8. The summed E-state index contributed by atoms with van der Waals surface area (Å²) in [5, 5.41) is 3.51. The van der Waals surface area contributed by atoms with Gasteiger partial charge in [-0.15, -0.1) is 0 Å². The molecule has 0 saturated carbocycles. The van der Waals surface area contributed by atoms with E-state index in [1.807, 2.05) is 6.07 Å². The molecular formula is C22H13N3O. The van der Waals surface area contributed by atoms with Crippen LogP contribution in [0.15, 0.2) is 83.7 Å². The smallest absolute Gasteiger partial charge is 0.172 e. The average Bonchev–Trinajstić information content (AvgIpc) is 3.23. The van der Waals surface area contributed by atoms with Crippen LogP contribution in [0.5, 0.6) is 0 Å². The van der Waals surface area contributed by atoms with Crippen LogP contribution in [0.4, 0.5) is 0 Å². The maximum Gasteiger partial charge on any atom is 0.172 e. The SMILES string of the molecule is c1ccc2c(c1)c1ccccc1n2-c1ccc2oc3cncnc3c2c1. The van der Waals surface area contributed by atoms with Crippen LogP contribution in [-0.4, -0.2) is 14.5 Å². The first-order valence-corrected chi connectivity index (χ1v) is 8.51. The Kier molecular flexibility index (Phi) is 2.58. The first kappa shape index (κ1) is 13.6. The molecule has 0 bridgehead atoms. The lowest BCUT2D eigenvalue weighted by atomic mass is 10.2. The Morgan fingerprint density at radius 1 is 0.731 bits per heavy atom. The zero-order valence-electron chi connectivity index (χ0n) is 13.8. The Hall–Kier alpha value is -3.66. The fourth-order valence-corrected chi connectivity index (χ4v) is 3.84. The van der Waals surface area contributed by atoms with Crippen LogP contribution in [-0.2, 0) is 0 Å². The fraction of sp³-hybridized carbons (Fsp3) is 0. The number of para-hydroxylation sites is 2. The van der Waals surface area contributed by atoms with Gasteiger partial charge in [-0.2, -0.15) is 0 Å². The normalized spacial score (nSPS) is 11.8. The molecule has 0 spiro atoms. The minimum absolute atomic E-state index is 0.710. The van der Waals surface area contributed by atoms with Crippen molar-refractivity contribution in [3.63, 3.8) is 0 Å². The van der Waals surface area contributed by atoms with E-state index in [1.54, 1.807) is 12.5 Å².